The van der Waals surface area contributed by atoms with E-state index in [0.29, 0.717) is 0 Å². The first kappa shape index (κ1) is 16.1. The molecule has 9 heteroatoms. The van der Waals surface area contributed by atoms with E-state index in [1.54, 1.807) is 16.8 Å². The Labute approximate surface area is 135 Å². The summed E-state index contributed by atoms with van der Waals surface area (Å²) in [6.07, 6.45) is -1.62. The molecule has 0 amide bonds. The summed E-state index contributed by atoms with van der Waals surface area (Å²) in [6, 6.07) is 1.03. The minimum Gasteiger partial charge on any atom is -0.366 e. The van der Waals surface area contributed by atoms with E-state index in [0.717, 1.165) is 50.6 Å². The van der Waals surface area contributed by atoms with E-state index < -0.39 is 11.9 Å². The fraction of sp³-hybridized carbons (Fsp3) is 0.500. The van der Waals surface area contributed by atoms with Gasteiger partial charge in [-0.1, -0.05) is 0 Å². The summed E-state index contributed by atoms with van der Waals surface area (Å²) < 4.78 is 38.1. The average Bonchev–Trinajstić information content (AvgIpc) is 3.00. The fourth-order valence-corrected chi connectivity index (χ4v) is 3.21. The second-order valence-electron chi connectivity index (χ2n) is 5.48. The Kier molecular flexibility index (Phi) is 4.76. The molecule has 1 saturated heterocycles. The van der Waals surface area contributed by atoms with Crippen LogP contribution in [0.3, 0.4) is 0 Å². The van der Waals surface area contributed by atoms with Crippen molar-refractivity contribution in [3.63, 3.8) is 0 Å². The maximum Gasteiger partial charge on any atom is 0.433 e. The predicted molar refractivity (Wildman–Crippen MR) is 81.1 cm³/mol. The molecule has 0 bridgehead atoms. The number of likely N-dealkylation sites (tertiary alicyclic amines) is 1. The minimum absolute atomic E-state index is 0.0679. The Morgan fingerprint density at radius 2 is 2.17 bits per heavy atom. The van der Waals surface area contributed by atoms with E-state index in [-0.39, 0.29) is 11.9 Å². The maximum atomic E-state index is 12.7. The molecule has 0 aromatic carbocycles. The molecule has 3 rings (SSSR count). The largest absolute Gasteiger partial charge is 0.433 e. The zero-order valence-electron chi connectivity index (χ0n) is 12.3. The SMILES string of the molecule is FC(F)(F)c1cc(NC2CCCN(Cc3cscn3)C2)ncn1. The monoisotopic (exact) mass is 343 g/mol. The van der Waals surface area contributed by atoms with Gasteiger partial charge in [-0.3, -0.25) is 4.90 Å². The predicted octanol–water partition coefficient (Wildman–Crippen LogP) is 3.03. The third-order valence-corrected chi connectivity index (χ3v) is 4.32. The summed E-state index contributed by atoms with van der Waals surface area (Å²) in [5.74, 6) is 0.216. The molecule has 0 aliphatic carbocycles. The Bertz CT molecular complexity index is 632. The highest BCUT2D eigenvalue weighted by Crippen LogP contribution is 2.28. The van der Waals surface area contributed by atoms with Crippen LogP contribution < -0.4 is 5.32 Å². The average molecular weight is 343 g/mol. The van der Waals surface area contributed by atoms with E-state index >= 15 is 0 Å². The molecule has 124 valence electrons. The van der Waals surface area contributed by atoms with Gasteiger partial charge in [0.15, 0.2) is 0 Å². The van der Waals surface area contributed by atoms with Crippen LogP contribution in [0.1, 0.15) is 24.2 Å². The van der Waals surface area contributed by atoms with Gasteiger partial charge in [-0.15, -0.1) is 11.3 Å². The van der Waals surface area contributed by atoms with E-state index in [2.05, 4.69) is 25.2 Å². The van der Waals surface area contributed by atoms with Crippen LogP contribution in [0.5, 0.6) is 0 Å². The number of anilines is 1. The van der Waals surface area contributed by atoms with Gasteiger partial charge in [0.2, 0.25) is 0 Å². The van der Waals surface area contributed by atoms with E-state index in [4.69, 9.17) is 0 Å². The molecule has 1 aliphatic heterocycles. The molecule has 23 heavy (non-hydrogen) atoms. The third kappa shape index (κ3) is 4.38. The van der Waals surface area contributed by atoms with Crippen molar-refractivity contribution in [1.29, 1.82) is 0 Å². The molecule has 5 nitrogen and oxygen atoms in total. The summed E-state index contributed by atoms with van der Waals surface area (Å²) >= 11 is 1.56. The van der Waals surface area contributed by atoms with Crippen molar-refractivity contribution >= 4 is 17.2 Å². The van der Waals surface area contributed by atoms with Crippen molar-refractivity contribution in [3.8, 4) is 0 Å². The third-order valence-electron chi connectivity index (χ3n) is 3.68. The fourth-order valence-electron chi connectivity index (χ4n) is 2.66. The second kappa shape index (κ2) is 6.79. The number of aromatic nitrogens is 3. The van der Waals surface area contributed by atoms with Gasteiger partial charge >= 0.3 is 6.18 Å². The van der Waals surface area contributed by atoms with E-state index in [9.17, 15) is 13.2 Å². The van der Waals surface area contributed by atoms with Crippen molar-refractivity contribution in [3.05, 3.63) is 34.7 Å². The Hall–Kier alpha value is -1.74. The standard InChI is InChI=1S/C14H16F3N5S/c15-14(16,17)12-4-13(19-8-18-12)21-10-2-1-3-22(5-10)6-11-7-23-9-20-11/h4,7-10H,1-3,5-6H2,(H,18,19,21). The lowest BCUT2D eigenvalue weighted by molar-refractivity contribution is -0.141. The van der Waals surface area contributed by atoms with Gasteiger partial charge in [0.1, 0.15) is 17.8 Å². The van der Waals surface area contributed by atoms with Crippen molar-refractivity contribution < 1.29 is 13.2 Å². The Balaban J connectivity index is 1.61. The highest BCUT2D eigenvalue weighted by molar-refractivity contribution is 7.07. The number of nitrogens with one attached hydrogen (secondary N) is 1. The highest BCUT2D eigenvalue weighted by Gasteiger charge is 2.33. The summed E-state index contributed by atoms with van der Waals surface area (Å²) in [5.41, 5.74) is 1.90. The van der Waals surface area contributed by atoms with Crippen LogP contribution in [-0.2, 0) is 12.7 Å². The molecule has 0 radical (unpaired) electrons. The topological polar surface area (TPSA) is 53.9 Å². The summed E-state index contributed by atoms with van der Waals surface area (Å²) in [4.78, 5) is 13.7. The molecule has 2 aromatic rings. The van der Waals surface area contributed by atoms with Gasteiger partial charge in [-0.05, 0) is 19.4 Å². The number of piperidine rings is 1. The number of nitrogens with zero attached hydrogens (tertiary/aromatic N) is 4. The van der Waals surface area contributed by atoms with Crippen molar-refractivity contribution in [2.75, 3.05) is 18.4 Å². The number of halogens is 3. The zero-order valence-corrected chi connectivity index (χ0v) is 13.1. The van der Waals surface area contributed by atoms with Crippen molar-refractivity contribution in [2.45, 2.75) is 31.6 Å². The molecule has 3 heterocycles. The smallest absolute Gasteiger partial charge is 0.366 e. The number of hydrogen-bond donors (Lipinski definition) is 1. The Morgan fingerprint density at radius 1 is 1.30 bits per heavy atom. The maximum absolute atomic E-state index is 12.7. The van der Waals surface area contributed by atoms with Gasteiger partial charge in [-0.25, -0.2) is 15.0 Å². The van der Waals surface area contributed by atoms with Gasteiger partial charge in [0, 0.05) is 30.6 Å². The molecule has 1 fully saturated rings. The molecule has 1 atom stereocenters. The first-order chi connectivity index (χ1) is 11.0. The van der Waals surface area contributed by atoms with Crippen molar-refractivity contribution in [1.82, 2.24) is 19.9 Å². The van der Waals surface area contributed by atoms with E-state index in [1.165, 1.54) is 0 Å². The number of hydrogen-bond acceptors (Lipinski definition) is 6. The molecule has 0 saturated carbocycles. The second-order valence-corrected chi connectivity index (χ2v) is 6.20. The lowest BCUT2D eigenvalue weighted by Crippen LogP contribution is -2.41. The summed E-state index contributed by atoms with van der Waals surface area (Å²) in [7, 11) is 0. The van der Waals surface area contributed by atoms with Crippen LogP contribution in [0.4, 0.5) is 19.0 Å². The molecule has 1 aliphatic rings. The molecule has 0 spiro atoms. The first-order valence-corrected chi connectivity index (χ1v) is 8.20. The molecular formula is C14H16F3N5S. The Morgan fingerprint density at radius 3 is 2.91 bits per heavy atom. The highest BCUT2D eigenvalue weighted by atomic mass is 32.1. The van der Waals surface area contributed by atoms with Crippen molar-refractivity contribution in [2.24, 2.45) is 0 Å². The number of thiazole rings is 1. The van der Waals surface area contributed by atoms with Gasteiger partial charge in [0.05, 0.1) is 11.2 Å². The van der Waals surface area contributed by atoms with Gasteiger partial charge in [0.25, 0.3) is 0 Å². The van der Waals surface area contributed by atoms with Crippen LogP contribution >= 0.6 is 11.3 Å². The number of rotatable bonds is 4. The summed E-state index contributed by atoms with van der Waals surface area (Å²) in [5, 5.41) is 5.10. The quantitative estimate of drug-likeness (QED) is 0.925. The lowest BCUT2D eigenvalue weighted by atomic mass is 10.1. The number of alkyl halides is 3. The lowest BCUT2D eigenvalue weighted by Gasteiger charge is -2.33. The van der Waals surface area contributed by atoms with Gasteiger partial charge < -0.3 is 5.32 Å². The first-order valence-electron chi connectivity index (χ1n) is 7.26. The zero-order chi connectivity index (χ0) is 16.3. The van der Waals surface area contributed by atoms with Crippen LogP contribution in [0.2, 0.25) is 0 Å². The van der Waals surface area contributed by atoms with Crippen LogP contribution in [0.25, 0.3) is 0 Å². The molecule has 1 N–H and O–H groups in total. The molecular weight excluding hydrogens is 327 g/mol. The van der Waals surface area contributed by atoms with Gasteiger partial charge in [-0.2, -0.15) is 13.2 Å². The molecule has 1 unspecified atom stereocenters. The van der Waals surface area contributed by atoms with E-state index in [1.807, 2.05) is 5.38 Å². The minimum atomic E-state index is -4.46. The molecule has 2 aromatic heterocycles. The normalized spacial score (nSPS) is 19.7. The van der Waals surface area contributed by atoms with Crippen LogP contribution in [0, 0.1) is 0 Å². The van der Waals surface area contributed by atoms with Crippen LogP contribution in [-0.4, -0.2) is 39.0 Å². The van der Waals surface area contributed by atoms with Crippen LogP contribution in [0.15, 0.2) is 23.3 Å². The summed E-state index contributed by atoms with van der Waals surface area (Å²) in [6.45, 7) is 2.48.